The minimum Gasteiger partial charge on any atom is -0.309 e. The third-order valence-corrected chi connectivity index (χ3v) is 4.17. The predicted octanol–water partition coefficient (Wildman–Crippen LogP) is 3.24. The number of amides is 1. The van der Waals surface area contributed by atoms with E-state index in [2.05, 4.69) is 41.6 Å². The van der Waals surface area contributed by atoms with Crippen LogP contribution in [0.25, 0.3) is 0 Å². The topological polar surface area (TPSA) is 70.7 Å². The van der Waals surface area contributed by atoms with Gasteiger partial charge in [-0.05, 0) is 31.2 Å². The smallest absolute Gasteiger partial charge is 0.229 e. The van der Waals surface area contributed by atoms with Gasteiger partial charge in [0, 0.05) is 31.1 Å². The zero-order valence-electron chi connectivity index (χ0n) is 13.2. The van der Waals surface area contributed by atoms with E-state index >= 15 is 0 Å². The van der Waals surface area contributed by atoms with E-state index in [1.807, 2.05) is 12.3 Å². The Morgan fingerprint density at radius 1 is 1.48 bits per heavy atom. The van der Waals surface area contributed by atoms with Crippen LogP contribution in [0.2, 0.25) is 0 Å². The number of aromatic nitrogens is 2. The van der Waals surface area contributed by atoms with Gasteiger partial charge in [-0.2, -0.15) is 10.4 Å². The van der Waals surface area contributed by atoms with Crippen molar-refractivity contribution in [3.63, 3.8) is 0 Å². The zero-order chi connectivity index (χ0) is 16.2. The number of hydrogen-bond acceptors (Lipinski definition) is 3. The molecule has 1 fully saturated rings. The van der Waals surface area contributed by atoms with Crippen LogP contribution in [0.5, 0.6) is 0 Å². The molecule has 1 aromatic carbocycles. The normalized spacial score (nSPS) is 19.1. The lowest BCUT2D eigenvalue weighted by molar-refractivity contribution is -0.117. The number of carbonyl (C=O) groups is 1. The van der Waals surface area contributed by atoms with Gasteiger partial charge in [-0.3, -0.25) is 9.48 Å². The second-order valence-corrected chi connectivity index (χ2v) is 6.08. The van der Waals surface area contributed by atoms with Crippen LogP contribution in [0.15, 0.2) is 36.5 Å². The molecular weight excluding hydrogens is 288 g/mol. The molecular formula is C18H20N4O. The molecule has 0 bridgehead atoms. The molecule has 5 heteroatoms. The SMILES string of the molecule is Cc1cccc([C@@H]2C[C@@H]2C(=O)Nc2ccn(CCCC#N)n2)c1. The van der Waals surface area contributed by atoms with Crippen LogP contribution in [-0.4, -0.2) is 15.7 Å². The summed E-state index contributed by atoms with van der Waals surface area (Å²) in [5, 5.41) is 15.7. The van der Waals surface area contributed by atoms with Crippen molar-refractivity contribution < 1.29 is 4.79 Å². The molecule has 23 heavy (non-hydrogen) atoms. The largest absolute Gasteiger partial charge is 0.309 e. The number of carbonyl (C=O) groups excluding carboxylic acids is 1. The molecule has 1 aromatic heterocycles. The summed E-state index contributed by atoms with van der Waals surface area (Å²) in [6.07, 6.45) is 4.02. The Hall–Kier alpha value is -2.61. The van der Waals surface area contributed by atoms with E-state index < -0.39 is 0 Å². The Morgan fingerprint density at radius 2 is 2.35 bits per heavy atom. The van der Waals surface area contributed by atoms with Gasteiger partial charge in [0.2, 0.25) is 5.91 Å². The number of unbranched alkanes of at least 4 members (excludes halogenated alkanes) is 1. The molecule has 0 aliphatic heterocycles. The number of nitriles is 1. The van der Waals surface area contributed by atoms with Gasteiger partial charge in [0.05, 0.1) is 6.07 Å². The molecule has 0 radical (unpaired) electrons. The molecule has 1 N–H and O–H groups in total. The number of anilines is 1. The molecule has 1 aliphatic carbocycles. The van der Waals surface area contributed by atoms with Gasteiger partial charge < -0.3 is 5.32 Å². The van der Waals surface area contributed by atoms with Crippen LogP contribution < -0.4 is 5.32 Å². The number of rotatable bonds is 6. The summed E-state index contributed by atoms with van der Waals surface area (Å²) in [5.74, 6) is 0.994. The van der Waals surface area contributed by atoms with E-state index in [4.69, 9.17) is 5.26 Å². The first-order valence-electron chi connectivity index (χ1n) is 7.95. The highest BCUT2D eigenvalue weighted by molar-refractivity contribution is 5.94. The van der Waals surface area contributed by atoms with Crippen LogP contribution >= 0.6 is 0 Å². The molecule has 1 saturated carbocycles. The highest BCUT2D eigenvalue weighted by atomic mass is 16.2. The fourth-order valence-electron chi connectivity index (χ4n) is 2.85. The van der Waals surface area contributed by atoms with Gasteiger partial charge in [0.25, 0.3) is 0 Å². The maximum atomic E-state index is 12.3. The Bertz CT molecular complexity index is 743. The molecule has 1 amide bonds. The Balaban J connectivity index is 1.53. The molecule has 2 atom stereocenters. The lowest BCUT2D eigenvalue weighted by Gasteiger charge is -2.03. The molecule has 1 aliphatic rings. The molecule has 1 heterocycles. The number of nitrogens with one attached hydrogen (secondary N) is 1. The minimum absolute atomic E-state index is 0.0405. The van der Waals surface area contributed by atoms with Crippen molar-refractivity contribution in [3.8, 4) is 6.07 Å². The van der Waals surface area contributed by atoms with Crippen molar-refractivity contribution in [1.29, 1.82) is 5.26 Å². The number of benzene rings is 1. The van der Waals surface area contributed by atoms with E-state index in [1.165, 1.54) is 11.1 Å². The van der Waals surface area contributed by atoms with Gasteiger partial charge in [-0.1, -0.05) is 29.8 Å². The summed E-state index contributed by atoms with van der Waals surface area (Å²) >= 11 is 0. The van der Waals surface area contributed by atoms with Crippen LogP contribution in [0, 0.1) is 24.2 Å². The standard InChI is InChI=1S/C18H20N4O/c1-13-5-4-6-14(11-13)15-12-16(15)18(23)20-17-7-10-22(21-17)9-3-2-8-19/h4-7,10-11,15-16H,2-3,9,12H2,1H3,(H,20,21,23)/t15-,16-/m0/s1. The highest BCUT2D eigenvalue weighted by Gasteiger charge is 2.44. The zero-order valence-corrected chi connectivity index (χ0v) is 13.2. The van der Waals surface area contributed by atoms with E-state index in [9.17, 15) is 4.79 Å². The average Bonchev–Trinajstić information content (AvgIpc) is 3.23. The quantitative estimate of drug-likeness (QED) is 0.833. The molecule has 2 aromatic rings. The van der Waals surface area contributed by atoms with Crippen LogP contribution in [0.3, 0.4) is 0 Å². The summed E-state index contributed by atoms with van der Waals surface area (Å²) in [7, 11) is 0. The number of nitrogens with zero attached hydrogens (tertiary/aromatic N) is 3. The Morgan fingerprint density at radius 3 is 3.13 bits per heavy atom. The Labute approximate surface area is 135 Å². The summed E-state index contributed by atoms with van der Waals surface area (Å²) < 4.78 is 1.76. The molecule has 0 spiro atoms. The maximum absolute atomic E-state index is 12.3. The first-order chi connectivity index (χ1) is 11.2. The highest BCUT2D eigenvalue weighted by Crippen LogP contribution is 2.48. The second-order valence-electron chi connectivity index (χ2n) is 6.08. The first kappa shape index (κ1) is 15.3. The van der Waals surface area contributed by atoms with Gasteiger partial charge in [-0.15, -0.1) is 0 Å². The molecule has 0 saturated heterocycles. The summed E-state index contributed by atoms with van der Waals surface area (Å²) in [6, 6.07) is 12.3. The van der Waals surface area contributed by atoms with E-state index in [0.717, 1.165) is 12.8 Å². The average molecular weight is 308 g/mol. The lowest BCUT2D eigenvalue weighted by atomic mass is 10.1. The Kier molecular flexibility index (Phi) is 4.42. The van der Waals surface area contributed by atoms with Crippen molar-refractivity contribution >= 4 is 11.7 Å². The van der Waals surface area contributed by atoms with Crippen LogP contribution in [0.1, 0.15) is 36.3 Å². The summed E-state index contributed by atoms with van der Waals surface area (Å²) in [5.41, 5.74) is 2.47. The van der Waals surface area contributed by atoms with Gasteiger partial charge in [0.1, 0.15) is 0 Å². The fourth-order valence-corrected chi connectivity index (χ4v) is 2.85. The van der Waals surface area contributed by atoms with Crippen LogP contribution in [-0.2, 0) is 11.3 Å². The van der Waals surface area contributed by atoms with Crippen molar-refractivity contribution in [3.05, 3.63) is 47.7 Å². The second kappa shape index (κ2) is 6.66. The lowest BCUT2D eigenvalue weighted by Crippen LogP contribution is -2.15. The van der Waals surface area contributed by atoms with E-state index in [1.54, 1.807) is 10.7 Å². The number of aryl methyl sites for hydroxylation is 2. The molecule has 0 unspecified atom stereocenters. The van der Waals surface area contributed by atoms with E-state index in [-0.39, 0.29) is 11.8 Å². The van der Waals surface area contributed by atoms with Crippen molar-refractivity contribution in [1.82, 2.24) is 9.78 Å². The first-order valence-corrected chi connectivity index (χ1v) is 7.95. The number of hydrogen-bond donors (Lipinski definition) is 1. The molecule has 5 nitrogen and oxygen atoms in total. The van der Waals surface area contributed by atoms with Gasteiger partial charge >= 0.3 is 0 Å². The molecule has 118 valence electrons. The third kappa shape index (κ3) is 3.78. The van der Waals surface area contributed by atoms with Crippen molar-refractivity contribution in [2.24, 2.45) is 5.92 Å². The monoisotopic (exact) mass is 308 g/mol. The summed E-state index contributed by atoms with van der Waals surface area (Å²) in [6.45, 7) is 2.76. The predicted molar refractivity (Wildman–Crippen MR) is 87.7 cm³/mol. The van der Waals surface area contributed by atoms with Crippen molar-refractivity contribution in [2.45, 2.75) is 38.6 Å². The molecule has 3 rings (SSSR count). The van der Waals surface area contributed by atoms with Gasteiger partial charge in [-0.25, -0.2) is 0 Å². The minimum atomic E-state index is 0.0405. The van der Waals surface area contributed by atoms with Crippen LogP contribution in [0.4, 0.5) is 5.82 Å². The third-order valence-electron chi connectivity index (χ3n) is 4.17. The summed E-state index contributed by atoms with van der Waals surface area (Å²) in [4.78, 5) is 12.3. The fraction of sp³-hybridized carbons (Fsp3) is 0.389. The maximum Gasteiger partial charge on any atom is 0.229 e. The van der Waals surface area contributed by atoms with E-state index in [0.29, 0.717) is 24.7 Å². The van der Waals surface area contributed by atoms with Crippen molar-refractivity contribution in [2.75, 3.05) is 5.32 Å². The van der Waals surface area contributed by atoms with Gasteiger partial charge in [0.15, 0.2) is 5.82 Å².